The van der Waals surface area contributed by atoms with Crippen molar-refractivity contribution < 1.29 is 47.7 Å². The normalized spacial score (nSPS) is 13.8. The molecule has 0 spiro atoms. The first-order chi connectivity index (χ1) is 19.3. The van der Waals surface area contributed by atoms with E-state index in [1.165, 1.54) is 16.3 Å². The molecule has 0 bridgehead atoms. The maximum Gasteiger partial charge on any atom is 0.303 e. The number of hydrazone groups is 1. The van der Waals surface area contributed by atoms with E-state index in [2.05, 4.69) is 26.0 Å². The molecule has 0 radical (unpaired) electrons. The number of benzene rings is 1. The van der Waals surface area contributed by atoms with Crippen molar-refractivity contribution in [3.63, 3.8) is 0 Å². The second kappa shape index (κ2) is 15.8. The van der Waals surface area contributed by atoms with Gasteiger partial charge in [0.1, 0.15) is 6.61 Å². The molecule has 1 heterocycles. The maximum absolute atomic E-state index is 12.1. The molecule has 0 aliphatic rings. The Hall–Kier alpha value is -3.85. The summed E-state index contributed by atoms with van der Waals surface area (Å²) in [6.07, 6.45) is -4.84. The highest BCUT2D eigenvalue weighted by Gasteiger charge is 2.43. The first-order valence-corrected chi connectivity index (χ1v) is 13.8. The Morgan fingerprint density at radius 3 is 1.98 bits per heavy atom. The van der Waals surface area contributed by atoms with Gasteiger partial charge in [-0.1, -0.05) is 28.1 Å². The highest BCUT2D eigenvalue weighted by Crippen LogP contribution is 2.28. The molecule has 0 aliphatic carbocycles. The Morgan fingerprint density at radius 2 is 1.44 bits per heavy atom. The van der Waals surface area contributed by atoms with E-state index < -0.39 is 60.9 Å². The van der Waals surface area contributed by atoms with Crippen LogP contribution < -0.4 is 5.01 Å². The van der Waals surface area contributed by atoms with Gasteiger partial charge in [-0.25, -0.2) is 9.99 Å². The fourth-order valence-corrected chi connectivity index (χ4v) is 4.44. The molecule has 0 fully saturated rings. The Bertz CT molecular complexity index is 1270. The van der Waals surface area contributed by atoms with Crippen molar-refractivity contribution in [1.29, 1.82) is 0 Å². The third-order valence-electron chi connectivity index (χ3n) is 4.98. The van der Waals surface area contributed by atoms with E-state index in [-0.39, 0.29) is 0 Å². The van der Waals surface area contributed by atoms with Gasteiger partial charge in [0.2, 0.25) is 5.13 Å². The van der Waals surface area contributed by atoms with Gasteiger partial charge in [0.05, 0.1) is 11.9 Å². The molecular formula is C26H30BrN3O10S. The second-order valence-corrected chi connectivity index (χ2v) is 10.2. The predicted molar refractivity (Wildman–Crippen MR) is 151 cm³/mol. The minimum absolute atomic E-state index is 0.481. The van der Waals surface area contributed by atoms with Crippen LogP contribution in [-0.4, -0.2) is 79.1 Å². The summed E-state index contributed by atoms with van der Waals surface area (Å²) in [5.41, 5.74) is 1.59. The van der Waals surface area contributed by atoms with Gasteiger partial charge >= 0.3 is 29.8 Å². The van der Waals surface area contributed by atoms with Gasteiger partial charge in [0.15, 0.2) is 24.4 Å². The van der Waals surface area contributed by atoms with Gasteiger partial charge in [-0.15, -0.1) is 11.3 Å². The molecule has 1 aromatic carbocycles. The van der Waals surface area contributed by atoms with Crippen LogP contribution in [-0.2, 0) is 47.7 Å². The van der Waals surface area contributed by atoms with Crippen molar-refractivity contribution in [2.75, 3.05) is 18.7 Å². The molecule has 1 aromatic heterocycles. The molecule has 0 unspecified atom stereocenters. The third kappa shape index (κ3) is 11.3. The molecule has 0 saturated carbocycles. The summed E-state index contributed by atoms with van der Waals surface area (Å²) in [5, 5.41) is 8.02. The molecule has 2 aromatic rings. The number of halogens is 1. The van der Waals surface area contributed by atoms with Crippen molar-refractivity contribution in [2.24, 2.45) is 5.10 Å². The lowest BCUT2D eigenvalue weighted by atomic mass is 10.0. The lowest BCUT2D eigenvalue weighted by Gasteiger charge is -2.34. The number of hydrogen-bond acceptors (Lipinski definition) is 14. The quantitative estimate of drug-likeness (QED) is 0.134. The Kier molecular flexibility index (Phi) is 12.9. The van der Waals surface area contributed by atoms with Crippen molar-refractivity contribution >= 4 is 68.5 Å². The Balaban J connectivity index is 2.46. The van der Waals surface area contributed by atoms with Crippen molar-refractivity contribution in [3.8, 4) is 11.3 Å². The molecule has 15 heteroatoms. The van der Waals surface area contributed by atoms with Crippen molar-refractivity contribution in [3.05, 3.63) is 34.1 Å². The van der Waals surface area contributed by atoms with Gasteiger partial charge < -0.3 is 23.7 Å². The Labute approximate surface area is 248 Å². The molecule has 0 saturated heterocycles. The zero-order valence-electron chi connectivity index (χ0n) is 23.2. The molecule has 41 heavy (non-hydrogen) atoms. The molecule has 2 rings (SSSR count). The fourth-order valence-electron chi connectivity index (χ4n) is 3.42. The topological polar surface area (TPSA) is 160 Å². The molecule has 0 amide bonds. The number of esters is 5. The van der Waals surface area contributed by atoms with E-state index in [4.69, 9.17) is 23.7 Å². The van der Waals surface area contributed by atoms with Gasteiger partial charge in [0, 0.05) is 57.1 Å². The van der Waals surface area contributed by atoms with E-state index in [1.54, 1.807) is 7.05 Å². The highest BCUT2D eigenvalue weighted by molar-refractivity contribution is 9.10. The molecule has 0 aliphatic heterocycles. The lowest BCUT2D eigenvalue weighted by Crippen LogP contribution is -2.53. The van der Waals surface area contributed by atoms with Crippen LogP contribution in [0.3, 0.4) is 0 Å². The molecule has 0 N–H and O–H groups in total. The number of rotatable bonds is 13. The summed E-state index contributed by atoms with van der Waals surface area (Å²) >= 11 is 4.69. The zero-order chi connectivity index (χ0) is 30.7. The van der Waals surface area contributed by atoms with E-state index >= 15 is 0 Å². The zero-order valence-corrected chi connectivity index (χ0v) is 25.6. The van der Waals surface area contributed by atoms with Crippen LogP contribution in [0, 0.1) is 0 Å². The van der Waals surface area contributed by atoms with E-state index in [1.807, 2.05) is 29.6 Å². The monoisotopic (exact) mass is 655 g/mol. The van der Waals surface area contributed by atoms with Crippen molar-refractivity contribution in [1.82, 2.24) is 4.98 Å². The van der Waals surface area contributed by atoms with Crippen LogP contribution in [0.4, 0.5) is 5.13 Å². The molecule has 13 nitrogen and oxygen atoms in total. The van der Waals surface area contributed by atoms with Gasteiger partial charge in [0.25, 0.3) is 0 Å². The number of ether oxygens (including phenoxy) is 5. The third-order valence-corrected chi connectivity index (χ3v) is 6.42. The number of carbonyl (C=O) groups excluding carboxylic acids is 5. The van der Waals surface area contributed by atoms with E-state index in [9.17, 15) is 24.0 Å². The van der Waals surface area contributed by atoms with Crippen LogP contribution in [0.15, 0.2) is 39.2 Å². The van der Waals surface area contributed by atoms with Crippen LogP contribution in [0.25, 0.3) is 11.3 Å². The lowest BCUT2D eigenvalue weighted by molar-refractivity contribution is -0.197. The van der Waals surface area contributed by atoms with Crippen LogP contribution in [0.1, 0.15) is 34.6 Å². The van der Waals surface area contributed by atoms with Gasteiger partial charge in [-0.05, 0) is 12.1 Å². The summed E-state index contributed by atoms with van der Waals surface area (Å²) < 4.78 is 27.3. The minimum Gasteiger partial charge on any atom is -0.462 e. The Morgan fingerprint density at radius 1 is 0.878 bits per heavy atom. The molecular weight excluding hydrogens is 626 g/mol. The summed E-state index contributed by atoms with van der Waals surface area (Å²) in [5.74, 6) is -3.97. The first-order valence-electron chi connectivity index (χ1n) is 12.1. The average Bonchev–Trinajstić information content (AvgIpc) is 3.36. The summed E-state index contributed by atoms with van der Waals surface area (Å²) in [7, 11) is 1.60. The van der Waals surface area contributed by atoms with Crippen LogP contribution >= 0.6 is 27.3 Å². The summed E-state index contributed by atoms with van der Waals surface area (Å²) in [6.45, 7) is 4.93. The number of thiazole rings is 1. The van der Waals surface area contributed by atoms with E-state index in [0.717, 1.165) is 50.9 Å². The number of hydrogen-bond donors (Lipinski definition) is 0. The predicted octanol–water partition coefficient (Wildman–Crippen LogP) is 3.28. The van der Waals surface area contributed by atoms with Gasteiger partial charge in [-0.3, -0.25) is 24.0 Å². The minimum atomic E-state index is -1.57. The first kappa shape index (κ1) is 33.4. The van der Waals surface area contributed by atoms with Crippen molar-refractivity contribution in [2.45, 2.75) is 59.0 Å². The van der Waals surface area contributed by atoms with E-state index in [0.29, 0.717) is 10.8 Å². The summed E-state index contributed by atoms with van der Waals surface area (Å²) in [4.78, 5) is 64.0. The maximum atomic E-state index is 12.1. The SMILES string of the molecule is CC(=O)OC[C@@H](OC(C)=O)[C@@H](OC(C)=O)[C@H](OC(C)=O)[C@H](/C=N\N(C)c1nc(-c2ccc(Br)cc2)cs1)OC(C)=O. The van der Waals surface area contributed by atoms with Gasteiger partial charge in [-0.2, -0.15) is 5.10 Å². The number of aromatic nitrogens is 1. The largest absolute Gasteiger partial charge is 0.462 e. The number of carbonyl (C=O) groups is 5. The molecule has 222 valence electrons. The summed E-state index contributed by atoms with van der Waals surface area (Å²) in [6, 6.07) is 7.58. The fraction of sp³-hybridized carbons (Fsp3) is 0.423. The van der Waals surface area contributed by atoms with Crippen LogP contribution in [0.5, 0.6) is 0 Å². The number of nitrogens with zero attached hydrogens (tertiary/aromatic N) is 3. The highest BCUT2D eigenvalue weighted by atomic mass is 79.9. The number of anilines is 1. The second-order valence-electron chi connectivity index (χ2n) is 8.48. The smallest absolute Gasteiger partial charge is 0.303 e. The van der Waals surface area contributed by atoms with Crippen LogP contribution in [0.2, 0.25) is 0 Å². The molecule has 4 atom stereocenters. The average molecular weight is 657 g/mol. The standard InChI is InChI=1S/C26H30BrN3O10S/c1-14(31)36-12-23(38-16(3)33)25(40-18(5)35)24(39-17(4)34)22(37-15(2)32)11-28-30(6)26-29-21(13-41-26)19-7-9-20(27)10-8-19/h7-11,13,22-25H,12H2,1-6H3/b28-11-/t22-,23+,24+,25+/m0/s1.